The summed E-state index contributed by atoms with van der Waals surface area (Å²) in [6.45, 7) is 4.10. The minimum Gasteiger partial charge on any atom is -0.359 e. The van der Waals surface area contributed by atoms with Crippen molar-refractivity contribution in [2.45, 2.75) is 25.1 Å². The van der Waals surface area contributed by atoms with Gasteiger partial charge in [0.15, 0.2) is 5.76 Å². The predicted molar refractivity (Wildman–Crippen MR) is 83.7 cm³/mol. The van der Waals surface area contributed by atoms with Crippen LogP contribution in [0.25, 0.3) is 11.3 Å². The molecule has 2 aromatic heterocycles. The number of hydrogen-bond donors (Lipinski definition) is 0. The molecule has 2 rings (SSSR count). The van der Waals surface area contributed by atoms with Crippen LogP contribution in [0.5, 0.6) is 0 Å². The second kappa shape index (κ2) is 7.45. The number of hydrogen-bond acceptors (Lipinski definition) is 5. The Morgan fingerprint density at radius 1 is 1.45 bits per heavy atom. The molecular formula is C15H21N3OS. The van der Waals surface area contributed by atoms with Crippen molar-refractivity contribution in [2.24, 2.45) is 0 Å². The maximum Gasteiger partial charge on any atom is 0.151 e. The summed E-state index contributed by atoms with van der Waals surface area (Å²) in [5.74, 6) is 0.892. The Morgan fingerprint density at radius 2 is 2.30 bits per heavy atom. The highest BCUT2D eigenvalue weighted by molar-refractivity contribution is 7.99. The van der Waals surface area contributed by atoms with Gasteiger partial charge in [0, 0.05) is 29.3 Å². The van der Waals surface area contributed by atoms with Crippen LogP contribution in [0.2, 0.25) is 0 Å². The fourth-order valence-electron chi connectivity index (χ4n) is 1.90. The van der Waals surface area contributed by atoms with E-state index in [1.165, 1.54) is 6.42 Å². The van der Waals surface area contributed by atoms with Crippen LogP contribution in [0, 0.1) is 0 Å². The highest BCUT2D eigenvalue weighted by atomic mass is 32.2. The summed E-state index contributed by atoms with van der Waals surface area (Å²) >= 11 is 1.91. The van der Waals surface area contributed by atoms with E-state index in [-0.39, 0.29) is 0 Å². The van der Waals surface area contributed by atoms with Gasteiger partial charge in [-0.15, -0.1) is 0 Å². The third kappa shape index (κ3) is 4.35. The molecule has 2 heterocycles. The zero-order chi connectivity index (χ0) is 14.4. The van der Waals surface area contributed by atoms with Crippen molar-refractivity contribution in [3.63, 3.8) is 0 Å². The van der Waals surface area contributed by atoms with Gasteiger partial charge in [-0.1, -0.05) is 12.1 Å². The van der Waals surface area contributed by atoms with Crippen LogP contribution in [0.1, 0.15) is 19.1 Å². The lowest BCUT2D eigenvalue weighted by Crippen LogP contribution is -2.21. The van der Waals surface area contributed by atoms with E-state index < -0.39 is 0 Å². The predicted octanol–water partition coefficient (Wildman–Crippen LogP) is 3.31. The Labute approximate surface area is 124 Å². The average Bonchev–Trinajstić information content (AvgIpc) is 2.94. The maximum atomic E-state index is 5.40. The van der Waals surface area contributed by atoms with E-state index in [9.17, 15) is 0 Å². The highest BCUT2D eigenvalue weighted by Gasteiger charge is 2.09. The molecule has 108 valence electrons. The average molecular weight is 291 g/mol. The van der Waals surface area contributed by atoms with Crippen LogP contribution >= 0.6 is 11.8 Å². The summed E-state index contributed by atoms with van der Waals surface area (Å²) in [4.78, 5) is 6.36. The Kier molecular flexibility index (Phi) is 5.61. The van der Waals surface area contributed by atoms with Gasteiger partial charge in [-0.2, -0.15) is 11.8 Å². The van der Waals surface area contributed by atoms with Crippen LogP contribution < -0.4 is 0 Å². The lowest BCUT2D eigenvalue weighted by Gasteiger charge is -2.16. The molecule has 1 atom stereocenters. The molecule has 0 spiro atoms. The molecule has 0 aliphatic heterocycles. The second-order valence-electron chi connectivity index (χ2n) is 4.99. The van der Waals surface area contributed by atoms with Crippen molar-refractivity contribution in [1.29, 1.82) is 0 Å². The molecule has 20 heavy (non-hydrogen) atoms. The maximum absolute atomic E-state index is 5.40. The summed E-state index contributed by atoms with van der Waals surface area (Å²) in [7, 11) is 2.11. The first-order valence-corrected chi connectivity index (χ1v) is 8.05. The molecule has 1 unspecified atom stereocenters. The monoisotopic (exact) mass is 291 g/mol. The lowest BCUT2D eigenvalue weighted by molar-refractivity contribution is 0.271. The largest absolute Gasteiger partial charge is 0.359 e. The van der Waals surface area contributed by atoms with Crippen molar-refractivity contribution in [2.75, 3.05) is 19.8 Å². The Morgan fingerprint density at radius 3 is 3.00 bits per heavy atom. The van der Waals surface area contributed by atoms with Gasteiger partial charge >= 0.3 is 0 Å². The molecule has 0 saturated heterocycles. The van der Waals surface area contributed by atoms with Crippen LogP contribution in [0.15, 0.2) is 35.1 Å². The number of nitrogens with zero attached hydrogens (tertiary/aromatic N) is 3. The van der Waals surface area contributed by atoms with Gasteiger partial charge in [0.05, 0.1) is 6.54 Å². The van der Waals surface area contributed by atoms with Crippen LogP contribution in [-0.2, 0) is 6.54 Å². The Balaban J connectivity index is 1.90. The SMILES string of the molecule is CSC(C)CCN(C)Cc1cc(-c2cccnc2)no1. The van der Waals surface area contributed by atoms with Crippen molar-refractivity contribution in [3.05, 3.63) is 36.4 Å². The Bertz CT molecular complexity index is 515. The molecular weight excluding hydrogens is 270 g/mol. The van der Waals surface area contributed by atoms with Gasteiger partial charge in [0.1, 0.15) is 5.69 Å². The quantitative estimate of drug-likeness (QED) is 0.783. The van der Waals surface area contributed by atoms with E-state index in [0.717, 1.165) is 30.1 Å². The molecule has 0 amide bonds. The second-order valence-corrected chi connectivity index (χ2v) is 6.27. The Hall–Kier alpha value is -1.33. The summed E-state index contributed by atoms with van der Waals surface area (Å²) in [5.41, 5.74) is 1.83. The van der Waals surface area contributed by atoms with Gasteiger partial charge in [0.2, 0.25) is 0 Å². The number of rotatable bonds is 7. The van der Waals surface area contributed by atoms with Gasteiger partial charge in [-0.3, -0.25) is 9.88 Å². The molecule has 4 nitrogen and oxygen atoms in total. The van der Waals surface area contributed by atoms with E-state index in [2.05, 4.69) is 35.3 Å². The number of pyridine rings is 1. The van der Waals surface area contributed by atoms with E-state index in [1.807, 2.05) is 30.0 Å². The molecule has 5 heteroatoms. The molecule has 0 aliphatic carbocycles. The van der Waals surface area contributed by atoms with Crippen molar-refractivity contribution >= 4 is 11.8 Å². The molecule has 0 aliphatic rings. The van der Waals surface area contributed by atoms with Crippen LogP contribution in [-0.4, -0.2) is 40.1 Å². The molecule has 2 aromatic rings. The van der Waals surface area contributed by atoms with E-state index in [1.54, 1.807) is 12.4 Å². The number of thioether (sulfide) groups is 1. The summed E-state index contributed by atoms with van der Waals surface area (Å²) in [6, 6.07) is 5.88. The highest BCUT2D eigenvalue weighted by Crippen LogP contribution is 2.18. The summed E-state index contributed by atoms with van der Waals surface area (Å²) < 4.78 is 5.40. The number of aromatic nitrogens is 2. The summed E-state index contributed by atoms with van der Waals surface area (Å²) in [6.07, 6.45) is 6.89. The zero-order valence-electron chi connectivity index (χ0n) is 12.2. The smallest absolute Gasteiger partial charge is 0.151 e. The van der Waals surface area contributed by atoms with Crippen molar-refractivity contribution in [1.82, 2.24) is 15.0 Å². The first-order valence-electron chi connectivity index (χ1n) is 6.76. The topological polar surface area (TPSA) is 42.2 Å². The van der Waals surface area contributed by atoms with E-state index >= 15 is 0 Å². The molecule has 0 aromatic carbocycles. The van der Waals surface area contributed by atoms with Gasteiger partial charge in [-0.25, -0.2) is 0 Å². The van der Waals surface area contributed by atoms with Crippen molar-refractivity contribution in [3.8, 4) is 11.3 Å². The molecule has 0 fully saturated rings. The first kappa shape index (κ1) is 15.1. The van der Waals surface area contributed by atoms with Crippen LogP contribution in [0.3, 0.4) is 0 Å². The summed E-state index contributed by atoms with van der Waals surface area (Å²) in [5, 5.41) is 4.80. The fraction of sp³-hybridized carbons (Fsp3) is 0.467. The van der Waals surface area contributed by atoms with Gasteiger partial charge < -0.3 is 4.52 Å². The zero-order valence-corrected chi connectivity index (χ0v) is 13.1. The van der Waals surface area contributed by atoms with Crippen LogP contribution in [0.4, 0.5) is 0 Å². The normalized spacial score (nSPS) is 12.8. The minimum absolute atomic E-state index is 0.693. The van der Waals surface area contributed by atoms with Gasteiger partial charge in [0.25, 0.3) is 0 Å². The van der Waals surface area contributed by atoms with Gasteiger partial charge in [-0.05, 0) is 38.4 Å². The molecule has 0 radical (unpaired) electrons. The lowest BCUT2D eigenvalue weighted by atomic mass is 10.2. The van der Waals surface area contributed by atoms with E-state index in [4.69, 9.17) is 4.52 Å². The molecule has 0 N–H and O–H groups in total. The standard InChI is InChI=1S/C15H21N3OS/c1-12(20-3)6-8-18(2)11-14-9-15(17-19-14)13-5-4-7-16-10-13/h4-5,7,9-10,12H,6,8,11H2,1-3H3. The van der Waals surface area contributed by atoms with E-state index in [0.29, 0.717) is 5.25 Å². The minimum atomic E-state index is 0.693. The third-order valence-corrected chi connectivity index (χ3v) is 4.30. The first-order chi connectivity index (χ1) is 9.69. The molecule has 0 bridgehead atoms. The van der Waals surface area contributed by atoms with Crippen molar-refractivity contribution < 1.29 is 4.52 Å². The molecule has 0 saturated carbocycles. The fourth-order valence-corrected chi connectivity index (χ4v) is 2.24. The third-order valence-electron chi connectivity index (χ3n) is 3.26.